The van der Waals surface area contributed by atoms with E-state index in [0.717, 1.165) is 12.1 Å². The van der Waals surface area contributed by atoms with E-state index in [1.54, 1.807) is 23.1 Å². The SMILES string of the molecule is COc1ccc(C(O)=C2C(=O)C(=O)N(CCCN(C)C)C2c2ccccc2)c(OC)c1. The van der Waals surface area contributed by atoms with Gasteiger partial charge in [-0.15, -0.1) is 0 Å². The van der Waals surface area contributed by atoms with Gasteiger partial charge in [-0.05, 0) is 44.8 Å². The van der Waals surface area contributed by atoms with Gasteiger partial charge in [0, 0.05) is 12.6 Å². The Bertz CT molecular complexity index is 985. The highest BCUT2D eigenvalue weighted by molar-refractivity contribution is 6.46. The molecule has 1 unspecified atom stereocenters. The second-order valence-electron chi connectivity index (χ2n) is 7.63. The number of hydrogen-bond acceptors (Lipinski definition) is 6. The maximum Gasteiger partial charge on any atom is 0.295 e. The fourth-order valence-corrected chi connectivity index (χ4v) is 3.79. The fourth-order valence-electron chi connectivity index (χ4n) is 3.79. The van der Waals surface area contributed by atoms with E-state index in [1.165, 1.54) is 14.2 Å². The number of Topliss-reactive ketones (excluding diaryl/α,β-unsaturated/α-hetero) is 1. The Labute approximate surface area is 182 Å². The quantitative estimate of drug-likeness (QED) is 0.399. The second-order valence-corrected chi connectivity index (χ2v) is 7.63. The number of ketones is 1. The number of ether oxygens (including phenoxy) is 2. The maximum atomic E-state index is 13.0. The van der Waals surface area contributed by atoms with Crippen molar-refractivity contribution >= 4 is 17.4 Å². The van der Waals surface area contributed by atoms with Crippen molar-refractivity contribution in [2.45, 2.75) is 12.5 Å². The summed E-state index contributed by atoms with van der Waals surface area (Å²) in [5.41, 5.74) is 1.15. The highest BCUT2D eigenvalue weighted by Crippen LogP contribution is 2.41. The van der Waals surface area contributed by atoms with Gasteiger partial charge in [-0.2, -0.15) is 0 Å². The molecule has 1 saturated heterocycles. The lowest BCUT2D eigenvalue weighted by Crippen LogP contribution is -2.32. The van der Waals surface area contributed by atoms with Gasteiger partial charge in [-0.3, -0.25) is 9.59 Å². The van der Waals surface area contributed by atoms with Gasteiger partial charge in [0.25, 0.3) is 11.7 Å². The average molecular weight is 424 g/mol. The number of nitrogens with zero attached hydrogens (tertiary/aromatic N) is 2. The lowest BCUT2D eigenvalue weighted by molar-refractivity contribution is -0.139. The summed E-state index contributed by atoms with van der Waals surface area (Å²) in [5.74, 6) is -0.669. The molecule has 7 nitrogen and oxygen atoms in total. The molecule has 3 rings (SSSR count). The largest absolute Gasteiger partial charge is 0.507 e. The molecule has 1 amide bonds. The molecule has 164 valence electrons. The van der Waals surface area contributed by atoms with Crippen molar-refractivity contribution in [2.75, 3.05) is 41.4 Å². The number of amides is 1. The molecule has 0 spiro atoms. The van der Waals surface area contributed by atoms with Crippen LogP contribution in [0.1, 0.15) is 23.6 Å². The number of methoxy groups -OCH3 is 2. The third kappa shape index (κ3) is 4.56. The van der Waals surface area contributed by atoms with Crippen LogP contribution in [0.25, 0.3) is 5.76 Å². The van der Waals surface area contributed by atoms with Crippen LogP contribution >= 0.6 is 0 Å². The minimum absolute atomic E-state index is 0.0597. The van der Waals surface area contributed by atoms with Gasteiger partial charge in [0.05, 0.1) is 31.4 Å². The Morgan fingerprint density at radius 3 is 2.39 bits per heavy atom. The first kappa shape index (κ1) is 22.4. The molecule has 1 N–H and O–H groups in total. The normalized spacial score (nSPS) is 18.0. The molecule has 0 aromatic heterocycles. The molecular formula is C24H28N2O5. The first-order valence-electron chi connectivity index (χ1n) is 10.1. The summed E-state index contributed by atoms with van der Waals surface area (Å²) in [5, 5.41) is 11.2. The Morgan fingerprint density at radius 1 is 1.06 bits per heavy atom. The topological polar surface area (TPSA) is 79.3 Å². The van der Waals surface area contributed by atoms with E-state index in [4.69, 9.17) is 9.47 Å². The van der Waals surface area contributed by atoms with Crippen LogP contribution in [0.4, 0.5) is 0 Å². The Hall–Kier alpha value is -3.32. The first-order valence-corrected chi connectivity index (χ1v) is 10.1. The number of benzene rings is 2. The van der Waals surface area contributed by atoms with Gasteiger partial charge in [0.1, 0.15) is 17.3 Å². The van der Waals surface area contributed by atoms with Crippen LogP contribution in [-0.4, -0.2) is 68.0 Å². The summed E-state index contributed by atoms with van der Waals surface area (Å²) in [6.45, 7) is 1.18. The maximum absolute atomic E-state index is 13.0. The molecule has 1 aliphatic rings. The highest BCUT2D eigenvalue weighted by Gasteiger charge is 2.46. The Balaban J connectivity index is 2.12. The number of rotatable bonds is 8. The third-order valence-corrected chi connectivity index (χ3v) is 5.32. The van der Waals surface area contributed by atoms with Crippen LogP contribution in [0.5, 0.6) is 11.5 Å². The summed E-state index contributed by atoms with van der Waals surface area (Å²) >= 11 is 0. The molecular weight excluding hydrogens is 396 g/mol. The summed E-state index contributed by atoms with van der Waals surface area (Å²) in [6, 6.07) is 13.5. The zero-order valence-electron chi connectivity index (χ0n) is 18.3. The monoisotopic (exact) mass is 424 g/mol. The van der Waals surface area contributed by atoms with Gasteiger partial charge >= 0.3 is 0 Å². The lowest BCUT2D eigenvalue weighted by Gasteiger charge is -2.26. The van der Waals surface area contributed by atoms with Crippen molar-refractivity contribution in [1.82, 2.24) is 9.80 Å². The van der Waals surface area contributed by atoms with E-state index in [2.05, 4.69) is 0 Å². The zero-order chi connectivity index (χ0) is 22.5. The van der Waals surface area contributed by atoms with Crippen LogP contribution in [0.3, 0.4) is 0 Å². The molecule has 0 aliphatic carbocycles. The van der Waals surface area contributed by atoms with Gasteiger partial charge < -0.3 is 24.4 Å². The standard InChI is InChI=1S/C24H28N2O5/c1-25(2)13-8-14-26-21(16-9-6-5-7-10-16)20(23(28)24(26)29)22(27)18-12-11-17(30-3)15-19(18)31-4/h5-7,9-12,15,21,27H,8,13-14H2,1-4H3. The molecule has 1 atom stereocenters. The average Bonchev–Trinajstić information content (AvgIpc) is 3.03. The van der Waals surface area contributed by atoms with Crippen molar-refractivity contribution in [3.63, 3.8) is 0 Å². The molecule has 0 bridgehead atoms. The molecule has 2 aromatic rings. The molecule has 7 heteroatoms. The van der Waals surface area contributed by atoms with Crippen LogP contribution in [0.15, 0.2) is 54.1 Å². The van der Waals surface area contributed by atoms with Gasteiger partial charge in [-0.25, -0.2) is 0 Å². The number of hydrogen-bond donors (Lipinski definition) is 1. The summed E-state index contributed by atoms with van der Waals surface area (Å²) < 4.78 is 10.6. The zero-order valence-corrected chi connectivity index (χ0v) is 18.3. The first-order chi connectivity index (χ1) is 14.9. The predicted molar refractivity (Wildman–Crippen MR) is 118 cm³/mol. The molecule has 1 heterocycles. The van der Waals surface area contributed by atoms with Crippen LogP contribution < -0.4 is 9.47 Å². The van der Waals surface area contributed by atoms with E-state index in [0.29, 0.717) is 30.0 Å². The lowest BCUT2D eigenvalue weighted by atomic mass is 9.95. The van der Waals surface area contributed by atoms with E-state index >= 15 is 0 Å². The van der Waals surface area contributed by atoms with Crippen LogP contribution in [-0.2, 0) is 9.59 Å². The van der Waals surface area contributed by atoms with E-state index in [-0.39, 0.29) is 11.3 Å². The van der Waals surface area contributed by atoms with Crippen molar-refractivity contribution < 1.29 is 24.2 Å². The summed E-state index contributed by atoms with van der Waals surface area (Å²) in [7, 11) is 6.92. The van der Waals surface area contributed by atoms with Crippen molar-refractivity contribution in [2.24, 2.45) is 0 Å². The van der Waals surface area contributed by atoms with Gasteiger partial charge in [-0.1, -0.05) is 30.3 Å². The van der Waals surface area contributed by atoms with E-state index < -0.39 is 17.7 Å². The highest BCUT2D eigenvalue weighted by atomic mass is 16.5. The van der Waals surface area contributed by atoms with Crippen LogP contribution in [0, 0.1) is 0 Å². The number of aliphatic hydroxyl groups is 1. The predicted octanol–water partition coefficient (Wildman–Crippen LogP) is 3.08. The number of aliphatic hydroxyl groups excluding tert-OH is 1. The number of carbonyl (C=O) groups excluding carboxylic acids is 2. The Kier molecular flexibility index (Phi) is 6.97. The molecule has 1 fully saturated rings. The minimum atomic E-state index is -0.700. The van der Waals surface area contributed by atoms with Crippen molar-refractivity contribution in [3.8, 4) is 11.5 Å². The van der Waals surface area contributed by atoms with Gasteiger partial charge in [0.2, 0.25) is 0 Å². The third-order valence-electron chi connectivity index (χ3n) is 5.32. The van der Waals surface area contributed by atoms with E-state index in [1.807, 2.05) is 49.3 Å². The molecule has 1 aliphatic heterocycles. The second kappa shape index (κ2) is 9.66. The van der Waals surface area contributed by atoms with Gasteiger partial charge in [0.15, 0.2) is 0 Å². The minimum Gasteiger partial charge on any atom is -0.507 e. The molecule has 0 radical (unpaired) electrons. The smallest absolute Gasteiger partial charge is 0.295 e. The summed E-state index contributed by atoms with van der Waals surface area (Å²) in [4.78, 5) is 29.5. The molecule has 0 saturated carbocycles. The van der Waals surface area contributed by atoms with E-state index in [9.17, 15) is 14.7 Å². The molecule has 31 heavy (non-hydrogen) atoms. The summed E-state index contributed by atoms with van der Waals surface area (Å²) in [6.07, 6.45) is 0.704. The number of likely N-dealkylation sites (tertiary alicyclic amines) is 1. The van der Waals surface area contributed by atoms with Crippen molar-refractivity contribution in [3.05, 3.63) is 65.2 Å². The fraction of sp³-hybridized carbons (Fsp3) is 0.333. The molecule has 2 aromatic carbocycles. The Morgan fingerprint density at radius 2 is 1.77 bits per heavy atom. The van der Waals surface area contributed by atoms with Crippen LogP contribution in [0.2, 0.25) is 0 Å². The van der Waals surface area contributed by atoms with Crippen molar-refractivity contribution in [1.29, 1.82) is 0 Å². The number of carbonyl (C=O) groups is 2.